The van der Waals surface area contributed by atoms with E-state index in [2.05, 4.69) is 19.5 Å². The van der Waals surface area contributed by atoms with Gasteiger partial charge in [-0.2, -0.15) is 0 Å². The number of carbonyl (C=O) groups excluding carboxylic acids is 1. The lowest BCUT2D eigenvalue weighted by molar-refractivity contribution is -0.274. The average molecular weight is 554 g/mol. The van der Waals surface area contributed by atoms with Crippen molar-refractivity contribution in [2.75, 3.05) is 22.9 Å². The molecule has 0 aliphatic heterocycles. The normalized spacial score (nSPS) is 13.2. The smallest absolute Gasteiger partial charge is 0.492 e. The van der Waals surface area contributed by atoms with Crippen molar-refractivity contribution in [1.82, 2.24) is 4.72 Å². The second-order valence-electron chi connectivity index (χ2n) is 7.88. The molecule has 2 rings (SSSR count). The van der Waals surface area contributed by atoms with Gasteiger partial charge in [-0.1, -0.05) is 19.9 Å². The molecule has 1 amide bonds. The number of hydrogen-bond acceptors (Lipinski definition) is 7. The first-order valence-electron chi connectivity index (χ1n) is 10.4. The number of rotatable bonds is 11. The number of sulfonamides is 2. The Bertz CT molecular complexity index is 1300. The highest BCUT2D eigenvalue weighted by atomic mass is 32.2. The van der Waals surface area contributed by atoms with Gasteiger partial charge in [0, 0.05) is 17.8 Å². The summed E-state index contributed by atoms with van der Waals surface area (Å²) in [5, 5.41) is 2.52. The Morgan fingerprint density at radius 1 is 1.03 bits per heavy atom. The first-order chi connectivity index (χ1) is 16.5. The van der Waals surface area contributed by atoms with Gasteiger partial charge >= 0.3 is 6.36 Å². The topological polar surface area (TPSA) is 140 Å². The zero-order chi connectivity index (χ0) is 27.3. The molecule has 0 heterocycles. The number of ether oxygens (including phenoxy) is 2. The Morgan fingerprint density at radius 3 is 2.25 bits per heavy atom. The first kappa shape index (κ1) is 29.2. The van der Waals surface area contributed by atoms with Crippen molar-refractivity contribution in [1.29, 1.82) is 0 Å². The van der Waals surface area contributed by atoms with E-state index in [9.17, 15) is 34.8 Å². The maximum absolute atomic E-state index is 13.0. The van der Waals surface area contributed by atoms with Gasteiger partial charge in [-0.3, -0.25) is 9.52 Å². The van der Waals surface area contributed by atoms with Gasteiger partial charge in [-0.15, -0.1) is 13.2 Å². The summed E-state index contributed by atoms with van der Waals surface area (Å²) in [6.45, 7) is 4.94. The summed E-state index contributed by atoms with van der Waals surface area (Å²) in [6.07, 6.45) is -4.04. The van der Waals surface area contributed by atoms with Crippen LogP contribution >= 0.6 is 0 Å². The highest BCUT2D eigenvalue weighted by Gasteiger charge is 2.31. The van der Waals surface area contributed by atoms with E-state index in [-0.39, 0.29) is 28.6 Å². The summed E-state index contributed by atoms with van der Waals surface area (Å²) in [6, 6.07) is 6.82. The molecule has 2 aromatic carbocycles. The van der Waals surface area contributed by atoms with E-state index >= 15 is 0 Å². The molecule has 0 aliphatic carbocycles. The standard InChI is InChI=1S/C21H26F3N3O7S2/c1-5-33-17-12-14(25-20(28)19(13(2)3)27-35(4,29)30)9-10-18(17)36(31,32)26-15-7-6-8-16(11-15)34-21(22,23)24/h6-13,19,26-27H,5H2,1-4H3,(H,25,28)/t19-/m0/s1. The average Bonchev–Trinajstić information content (AvgIpc) is 2.70. The number of nitrogens with one attached hydrogen (secondary N) is 3. The molecule has 0 aliphatic rings. The number of hydrogen-bond donors (Lipinski definition) is 3. The predicted octanol–water partition coefficient (Wildman–Crippen LogP) is 3.30. The van der Waals surface area contributed by atoms with Gasteiger partial charge in [0.15, 0.2) is 0 Å². The van der Waals surface area contributed by atoms with Gasteiger partial charge in [0.25, 0.3) is 10.0 Å². The van der Waals surface area contributed by atoms with Crippen LogP contribution in [0.25, 0.3) is 0 Å². The predicted molar refractivity (Wildman–Crippen MR) is 127 cm³/mol. The van der Waals surface area contributed by atoms with Crippen LogP contribution in [0.4, 0.5) is 24.5 Å². The Balaban J connectivity index is 2.32. The lowest BCUT2D eigenvalue weighted by Gasteiger charge is -2.21. The Labute approximate surface area is 207 Å². The van der Waals surface area contributed by atoms with Crippen LogP contribution in [-0.2, 0) is 24.8 Å². The molecule has 0 saturated heterocycles. The number of amides is 1. The lowest BCUT2D eigenvalue weighted by atomic mass is 10.0. The molecule has 0 aromatic heterocycles. The molecule has 0 fully saturated rings. The van der Waals surface area contributed by atoms with Crippen LogP contribution < -0.4 is 24.2 Å². The third-order valence-electron chi connectivity index (χ3n) is 4.41. The van der Waals surface area contributed by atoms with Crippen molar-refractivity contribution < 1.29 is 44.3 Å². The van der Waals surface area contributed by atoms with E-state index in [4.69, 9.17) is 4.74 Å². The fourth-order valence-electron chi connectivity index (χ4n) is 2.99. The van der Waals surface area contributed by atoms with E-state index in [1.165, 1.54) is 24.3 Å². The van der Waals surface area contributed by atoms with E-state index in [1.807, 2.05) is 0 Å². The Hall–Kier alpha value is -3.04. The third kappa shape index (κ3) is 8.87. The summed E-state index contributed by atoms with van der Waals surface area (Å²) >= 11 is 0. The highest BCUT2D eigenvalue weighted by molar-refractivity contribution is 7.92. The van der Waals surface area contributed by atoms with Gasteiger partial charge in [-0.05, 0) is 37.1 Å². The maximum Gasteiger partial charge on any atom is 0.573 e. The van der Waals surface area contributed by atoms with Crippen LogP contribution in [0.2, 0.25) is 0 Å². The minimum absolute atomic E-state index is 0.0546. The minimum atomic E-state index is -4.95. The fourth-order valence-corrected chi connectivity index (χ4v) is 5.00. The summed E-state index contributed by atoms with van der Waals surface area (Å²) in [5.74, 6) is -1.84. The van der Waals surface area contributed by atoms with Crippen LogP contribution in [0.3, 0.4) is 0 Å². The molecule has 2 aromatic rings. The summed E-state index contributed by atoms with van der Waals surface area (Å²) in [4.78, 5) is 12.3. The number of carbonyl (C=O) groups is 1. The van der Waals surface area contributed by atoms with Crippen molar-refractivity contribution in [3.63, 3.8) is 0 Å². The van der Waals surface area contributed by atoms with Gasteiger partial charge in [0.2, 0.25) is 15.9 Å². The summed E-state index contributed by atoms with van der Waals surface area (Å²) < 4.78 is 100. The highest BCUT2D eigenvalue weighted by Crippen LogP contribution is 2.31. The maximum atomic E-state index is 13.0. The Kier molecular flexibility index (Phi) is 9.20. The first-order valence-corrected chi connectivity index (χ1v) is 13.8. The number of anilines is 2. The molecular weight excluding hydrogens is 527 g/mol. The SMILES string of the molecule is CCOc1cc(NC(=O)[C@@H](NS(C)(=O)=O)C(C)C)ccc1S(=O)(=O)Nc1cccc(OC(F)(F)F)c1. The quantitative estimate of drug-likeness (QED) is 0.388. The molecule has 10 nitrogen and oxygen atoms in total. The minimum Gasteiger partial charge on any atom is -0.492 e. The lowest BCUT2D eigenvalue weighted by Crippen LogP contribution is -2.46. The van der Waals surface area contributed by atoms with Crippen LogP contribution in [-0.4, -0.2) is 48.0 Å². The number of benzene rings is 2. The molecule has 0 unspecified atom stereocenters. The van der Waals surface area contributed by atoms with Gasteiger partial charge < -0.3 is 14.8 Å². The molecule has 3 N–H and O–H groups in total. The molecule has 200 valence electrons. The molecule has 0 saturated carbocycles. The van der Waals surface area contributed by atoms with E-state index in [1.54, 1.807) is 20.8 Å². The second kappa shape index (κ2) is 11.3. The monoisotopic (exact) mass is 553 g/mol. The molecule has 0 radical (unpaired) electrons. The zero-order valence-electron chi connectivity index (χ0n) is 19.7. The number of alkyl halides is 3. The number of halogens is 3. The van der Waals surface area contributed by atoms with Crippen LogP contribution in [0.15, 0.2) is 47.4 Å². The van der Waals surface area contributed by atoms with Crippen molar-refractivity contribution in [3.8, 4) is 11.5 Å². The molecule has 36 heavy (non-hydrogen) atoms. The van der Waals surface area contributed by atoms with E-state index < -0.39 is 50.0 Å². The van der Waals surface area contributed by atoms with Crippen molar-refractivity contribution in [2.45, 2.75) is 38.1 Å². The molecule has 0 spiro atoms. The van der Waals surface area contributed by atoms with Crippen molar-refractivity contribution >= 4 is 37.3 Å². The van der Waals surface area contributed by atoms with Gasteiger partial charge in [0.1, 0.15) is 22.4 Å². The van der Waals surface area contributed by atoms with Crippen LogP contribution in [0, 0.1) is 5.92 Å². The largest absolute Gasteiger partial charge is 0.573 e. The van der Waals surface area contributed by atoms with Crippen LogP contribution in [0.1, 0.15) is 20.8 Å². The van der Waals surface area contributed by atoms with Gasteiger partial charge in [0.05, 0.1) is 18.6 Å². The molecule has 1 atom stereocenters. The second-order valence-corrected chi connectivity index (χ2v) is 11.3. The fraction of sp³-hybridized carbons (Fsp3) is 0.381. The van der Waals surface area contributed by atoms with E-state index in [0.29, 0.717) is 0 Å². The summed E-state index contributed by atoms with van der Waals surface area (Å²) in [7, 11) is -8.03. The van der Waals surface area contributed by atoms with Gasteiger partial charge in [-0.25, -0.2) is 21.6 Å². The van der Waals surface area contributed by atoms with Crippen LogP contribution in [0.5, 0.6) is 11.5 Å². The third-order valence-corrected chi connectivity index (χ3v) is 6.51. The molecular formula is C21H26F3N3O7S2. The molecule has 15 heteroatoms. The van der Waals surface area contributed by atoms with Crippen molar-refractivity contribution in [2.24, 2.45) is 5.92 Å². The van der Waals surface area contributed by atoms with Crippen molar-refractivity contribution in [3.05, 3.63) is 42.5 Å². The summed E-state index contributed by atoms with van der Waals surface area (Å²) in [5.41, 5.74) is -0.0628. The Morgan fingerprint density at radius 2 is 1.69 bits per heavy atom. The zero-order valence-corrected chi connectivity index (χ0v) is 21.3. The van der Waals surface area contributed by atoms with E-state index in [0.717, 1.165) is 24.5 Å². The molecule has 0 bridgehead atoms.